The van der Waals surface area contributed by atoms with Crippen molar-refractivity contribution in [1.82, 2.24) is 9.88 Å². The predicted molar refractivity (Wildman–Crippen MR) is 101 cm³/mol. The molecule has 0 saturated heterocycles. The molecule has 2 aromatic carbocycles. The van der Waals surface area contributed by atoms with Crippen molar-refractivity contribution in [2.24, 2.45) is 0 Å². The number of amides is 1. The van der Waals surface area contributed by atoms with Crippen molar-refractivity contribution in [1.29, 1.82) is 0 Å². The van der Waals surface area contributed by atoms with Crippen molar-refractivity contribution in [3.8, 4) is 5.75 Å². The molecule has 0 aliphatic carbocycles. The standard InChI is InChI=1S/C22H22N2O3/c25-18-8-4-7-17(13-18)14-22(26)24-12-11-20-19(15-24)23-21(27-20)10-9-16-5-2-1-3-6-16/h1-8,13,25H,9-12,14-15H2. The van der Waals surface area contributed by atoms with Crippen LogP contribution in [0.25, 0.3) is 0 Å². The fourth-order valence-electron chi connectivity index (χ4n) is 3.42. The van der Waals surface area contributed by atoms with Crippen molar-refractivity contribution in [2.75, 3.05) is 6.54 Å². The molecule has 0 unspecified atom stereocenters. The van der Waals surface area contributed by atoms with E-state index in [0.29, 0.717) is 19.5 Å². The van der Waals surface area contributed by atoms with Crippen LogP contribution in [-0.2, 0) is 37.0 Å². The van der Waals surface area contributed by atoms with Gasteiger partial charge in [0.2, 0.25) is 5.91 Å². The molecule has 1 aliphatic heterocycles. The highest BCUT2D eigenvalue weighted by atomic mass is 16.4. The van der Waals surface area contributed by atoms with Gasteiger partial charge in [0.1, 0.15) is 17.2 Å². The third-order valence-corrected chi connectivity index (χ3v) is 4.86. The third kappa shape index (κ3) is 4.19. The molecule has 1 N–H and O–H groups in total. The summed E-state index contributed by atoms with van der Waals surface area (Å²) in [5.41, 5.74) is 2.94. The van der Waals surface area contributed by atoms with Crippen LogP contribution in [0, 0.1) is 0 Å². The highest BCUT2D eigenvalue weighted by Gasteiger charge is 2.25. The smallest absolute Gasteiger partial charge is 0.227 e. The number of aromatic hydroxyl groups is 1. The van der Waals surface area contributed by atoms with E-state index >= 15 is 0 Å². The molecule has 1 amide bonds. The average Bonchev–Trinajstić information content (AvgIpc) is 3.09. The van der Waals surface area contributed by atoms with Crippen LogP contribution in [0.15, 0.2) is 59.0 Å². The van der Waals surface area contributed by atoms with Crippen molar-refractivity contribution >= 4 is 5.91 Å². The number of hydrogen-bond acceptors (Lipinski definition) is 4. The average molecular weight is 362 g/mol. The molecule has 0 atom stereocenters. The van der Waals surface area contributed by atoms with Gasteiger partial charge in [0.05, 0.1) is 13.0 Å². The van der Waals surface area contributed by atoms with Gasteiger partial charge in [0.25, 0.3) is 0 Å². The Hall–Kier alpha value is -3.08. The van der Waals surface area contributed by atoms with Gasteiger partial charge in [0.15, 0.2) is 5.89 Å². The van der Waals surface area contributed by atoms with E-state index in [0.717, 1.165) is 35.7 Å². The molecule has 27 heavy (non-hydrogen) atoms. The number of phenols is 1. The van der Waals surface area contributed by atoms with Gasteiger partial charge in [-0.2, -0.15) is 0 Å². The third-order valence-electron chi connectivity index (χ3n) is 4.86. The number of fused-ring (bicyclic) bond motifs is 1. The Kier molecular flexibility index (Phi) is 4.92. The first kappa shape index (κ1) is 17.3. The minimum atomic E-state index is 0.0417. The van der Waals surface area contributed by atoms with Crippen LogP contribution in [-0.4, -0.2) is 27.4 Å². The van der Waals surface area contributed by atoms with Crippen LogP contribution in [0.5, 0.6) is 5.75 Å². The Morgan fingerprint density at radius 1 is 1.07 bits per heavy atom. The number of rotatable bonds is 5. The Morgan fingerprint density at radius 2 is 1.89 bits per heavy atom. The number of carbonyl (C=O) groups excluding carboxylic acids is 1. The summed E-state index contributed by atoms with van der Waals surface area (Å²) >= 11 is 0. The minimum Gasteiger partial charge on any atom is -0.508 e. The number of aromatic nitrogens is 1. The zero-order valence-corrected chi connectivity index (χ0v) is 15.1. The van der Waals surface area contributed by atoms with Crippen molar-refractivity contribution in [3.63, 3.8) is 0 Å². The normalized spacial score (nSPS) is 13.4. The molecule has 0 fully saturated rings. The second kappa shape index (κ2) is 7.66. The summed E-state index contributed by atoms with van der Waals surface area (Å²) in [6.45, 7) is 1.12. The molecule has 2 heterocycles. The minimum absolute atomic E-state index is 0.0417. The summed E-state index contributed by atoms with van der Waals surface area (Å²) in [5, 5.41) is 9.55. The lowest BCUT2D eigenvalue weighted by atomic mass is 10.1. The number of hydrogen-bond donors (Lipinski definition) is 1. The molecule has 0 spiro atoms. The van der Waals surface area contributed by atoms with E-state index in [-0.39, 0.29) is 18.1 Å². The van der Waals surface area contributed by atoms with Crippen LogP contribution in [0.2, 0.25) is 0 Å². The lowest BCUT2D eigenvalue weighted by Gasteiger charge is -2.25. The molecule has 1 aliphatic rings. The molecule has 1 aromatic heterocycles. The molecule has 5 nitrogen and oxygen atoms in total. The first-order valence-electron chi connectivity index (χ1n) is 9.24. The van der Waals surface area contributed by atoms with Gasteiger partial charge in [-0.3, -0.25) is 4.79 Å². The monoisotopic (exact) mass is 362 g/mol. The molecular formula is C22H22N2O3. The largest absolute Gasteiger partial charge is 0.508 e. The molecule has 3 aromatic rings. The quantitative estimate of drug-likeness (QED) is 0.756. The number of nitrogens with zero attached hydrogens (tertiary/aromatic N) is 2. The topological polar surface area (TPSA) is 66.6 Å². The maximum Gasteiger partial charge on any atom is 0.227 e. The van der Waals surface area contributed by atoms with Crippen molar-refractivity contribution < 1.29 is 14.3 Å². The molecule has 5 heteroatoms. The molecular weight excluding hydrogens is 340 g/mol. The zero-order valence-electron chi connectivity index (χ0n) is 15.1. The summed E-state index contributed by atoms with van der Waals surface area (Å²) in [6, 6.07) is 17.1. The van der Waals surface area contributed by atoms with E-state index in [1.165, 1.54) is 5.56 Å². The lowest BCUT2D eigenvalue weighted by molar-refractivity contribution is -0.131. The maximum atomic E-state index is 12.6. The fourth-order valence-corrected chi connectivity index (χ4v) is 3.42. The highest BCUT2D eigenvalue weighted by Crippen LogP contribution is 2.22. The van der Waals surface area contributed by atoms with Gasteiger partial charge in [-0.1, -0.05) is 42.5 Å². The number of phenolic OH excluding ortho intramolecular Hbond substituents is 1. The van der Waals surface area contributed by atoms with E-state index in [4.69, 9.17) is 4.42 Å². The first-order chi connectivity index (χ1) is 13.2. The Labute approximate surface area is 158 Å². The fraction of sp³-hybridized carbons (Fsp3) is 0.273. The number of aryl methyl sites for hydroxylation is 2. The van der Waals surface area contributed by atoms with Gasteiger partial charge in [-0.05, 0) is 29.7 Å². The van der Waals surface area contributed by atoms with Crippen LogP contribution in [0.1, 0.15) is 28.5 Å². The number of oxazole rings is 1. The first-order valence-corrected chi connectivity index (χ1v) is 9.24. The SMILES string of the molecule is O=C(Cc1cccc(O)c1)N1CCc2oc(CCc3ccccc3)nc2C1. The van der Waals surface area contributed by atoms with Crippen LogP contribution >= 0.6 is 0 Å². The van der Waals surface area contributed by atoms with E-state index in [1.807, 2.05) is 29.2 Å². The molecule has 0 bridgehead atoms. The summed E-state index contributed by atoms with van der Waals surface area (Å²) in [6.07, 6.45) is 2.62. The van der Waals surface area contributed by atoms with E-state index < -0.39 is 0 Å². The van der Waals surface area contributed by atoms with Crippen molar-refractivity contribution in [2.45, 2.75) is 32.2 Å². The zero-order chi connectivity index (χ0) is 18.6. The van der Waals surface area contributed by atoms with E-state index in [9.17, 15) is 9.90 Å². The lowest BCUT2D eigenvalue weighted by Crippen LogP contribution is -2.36. The molecule has 138 valence electrons. The summed E-state index contributed by atoms with van der Waals surface area (Å²) in [7, 11) is 0. The molecule has 4 rings (SSSR count). The number of carbonyl (C=O) groups is 1. The van der Waals surface area contributed by atoms with Gasteiger partial charge >= 0.3 is 0 Å². The Balaban J connectivity index is 1.38. The summed E-state index contributed by atoms with van der Waals surface area (Å²) in [5.74, 6) is 1.87. The highest BCUT2D eigenvalue weighted by molar-refractivity contribution is 5.79. The van der Waals surface area contributed by atoms with E-state index in [2.05, 4.69) is 17.1 Å². The Bertz CT molecular complexity index is 934. The van der Waals surface area contributed by atoms with Crippen LogP contribution in [0.3, 0.4) is 0 Å². The van der Waals surface area contributed by atoms with Gasteiger partial charge < -0.3 is 14.4 Å². The maximum absolute atomic E-state index is 12.6. The molecule has 0 radical (unpaired) electrons. The second-order valence-corrected chi connectivity index (χ2v) is 6.88. The summed E-state index contributed by atoms with van der Waals surface area (Å²) < 4.78 is 5.91. The van der Waals surface area contributed by atoms with Crippen molar-refractivity contribution in [3.05, 3.63) is 83.1 Å². The van der Waals surface area contributed by atoms with Gasteiger partial charge in [0, 0.05) is 19.4 Å². The summed E-state index contributed by atoms with van der Waals surface area (Å²) in [4.78, 5) is 19.0. The van der Waals surface area contributed by atoms with Gasteiger partial charge in [-0.25, -0.2) is 4.98 Å². The van der Waals surface area contributed by atoms with Crippen LogP contribution < -0.4 is 0 Å². The number of benzene rings is 2. The van der Waals surface area contributed by atoms with E-state index in [1.54, 1.807) is 18.2 Å². The predicted octanol–water partition coefficient (Wildman–Crippen LogP) is 3.29. The second-order valence-electron chi connectivity index (χ2n) is 6.88. The van der Waals surface area contributed by atoms with Crippen LogP contribution in [0.4, 0.5) is 0 Å². The van der Waals surface area contributed by atoms with Gasteiger partial charge in [-0.15, -0.1) is 0 Å². The molecule has 0 saturated carbocycles. The Morgan fingerprint density at radius 3 is 2.70 bits per heavy atom.